The van der Waals surface area contributed by atoms with Gasteiger partial charge in [-0.3, -0.25) is 10.1 Å². The summed E-state index contributed by atoms with van der Waals surface area (Å²) in [7, 11) is -0.00416. The number of nitrogens with one attached hydrogen (secondary N) is 1. The van der Waals surface area contributed by atoms with Gasteiger partial charge in [0.25, 0.3) is 0 Å². The van der Waals surface area contributed by atoms with Crippen molar-refractivity contribution in [1.29, 1.82) is 0 Å². The average Bonchev–Trinajstić information content (AvgIpc) is 2.95. The molecular formula is C20H31N3O5S. The first-order valence-corrected chi connectivity index (χ1v) is 11.6. The highest BCUT2D eigenvalue weighted by molar-refractivity contribution is 7.89. The molecule has 9 heteroatoms. The topological polar surface area (TPSA) is 88.2 Å². The molecule has 1 aromatic carbocycles. The number of sulfonamides is 1. The largest absolute Gasteiger partial charge is 0.493 e. The number of methoxy groups -OCH3 is 2. The van der Waals surface area contributed by atoms with Gasteiger partial charge in [-0.15, -0.1) is 0 Å². The maximum atomic E-state index is 12.8. The Morgan fingerprint density at radius 1 is 1.17 bits per heavy atom. The highest BCUT2D eigenvalue weighted by atomic mass is 32.2. The summed E-state index contributed by atoms with van der Waals surface area (Å²) in [5.74, 6) is 1.50. The summed E-state index contributed by atoms with van der Waals surface area (Å²) in [6, 6.07) is 5.50. The molecule has 29 heavy (non-hydrogen) atoms. The number of hydrogen-bond acceptors (Lipinski definition) is 6. The van der Waals surface area contributed by atoms with E-state index in [1.807, 2.05) is 30.0 Å². The van der Waals surface area contributed by atoms with Crippen molar-refractivity contribution < 1.29 is 22.7 Å². The normalized spacial score (nSPS) is 22.3. The fraction of sp³-hybridized carbons (Fsp3) is 0.650. The third-order valence-corrected chi connectivity index (χ3v) is 7.90. The van der Waals surface area contributed by atoms with Gasteiger partial charge in [0.15, 0.2) is 11.5 Å². The summed E-state index contributed by atoms with van der Waals surface area (Å²) < 4.78 is 36.6. The van der Waals surface area contributed by atoms with Gasteiger partial charge in [0, 0.05) is 19.6 Å². The van der Waals surface area contributed by atoms with Crippen LogP contribution in [0.15, 0.2) is 18.2 Å². The number of nitrogens with zero attached hydrogens (tertiary/aromatic N) is 2. The van der Waals surface area contributed by atoms with Gasteiger partial charge in [0.2, 0.25) is 15.9 Å². The fourth-order valence-electron chi connectivity index (χ4n) is 4.32. The minimum absolute atomic E-state index is 0.0669. The Labute approximate surface area is 173 Å². The maximum Gasteiger partial charge on any atom is 0.240 e. The van der Waals surface area contributed by atoms with Crippen molar-refractivity contribution in [2.24, 2.45) is 0 Å². The van der Waals surface area contributed by atoms with Gasteiger partial charge in [-0.2, -0.15) is 0 Å². The Morgan fingerprint density at radius 3 is 2.41 bits per heavy atom. The number of carbonyl (C=O) groups excluding carboxylic acids is 1. The van der Waals surface area contributed by atoms with Crippen LogP contribution in [0.2, 0.25) is 0 Å². The van der Waals surface area contributed by atoms with Crippen LogP contribution in [0.5, 0.6) is 11.5 Å². The van der Waals surface area contributed by atoms with E-state index in [-0.39, 0.29) is 17.7 Å². The molecule has 1 aromatic rings. The zero-order chi connectivity index (χ0) is 21.2. The van der Waals surface area contributed by atoms with Gasteiger partial charge in [0.1, 0.15) is 0 Å². The van der Waals surface area contributed by atoms with Crippen LogP contribution < -0.4 is 14.8 Å². The summed E-state index contributed by atoms with van der Waals surface area (Å²) in [6.45, 7) is 4.95. The molecule has 3 rings (SSSR count). The monoisotopic (exact) mass is 425 g/mol. The standard InChI is InChI=1S/C20H31N3O5S/c1-5-29(25,26)22-12-9-20(10-13-22)21-15(2)19(24)23(20)11-8-16-6-7-17(27-3)18(14-16)28-4/h6-7,14-15,21H,5,8-13H2,1-4H3. The molecule has 0 aromatic heterocycles. The number of ether oxygens (including phenoxy) is 2. The van der Waals surface area contributed by atoms with Crippen molar-refractivity contribution in [3.8, 4) is 11.5 Å². The third-order valence-electron chi connectivity index (χ3n) is 6.02. The Hall–Kier alpha value is -1.84. The predicted molar refractivity (Wildman–Crippen MR) is 111 cm³/mol. The number of piperidine rings is 1. The number of carbonyl (C=O) groups is 1. The van der Waals surface area contributed by atoms with Crippen molar-refractivity contribution >= 4 is 15.9 Å². The molecule has 2 saturated heterocycles. The van der Waals surface area contributed by atoms with Crippen LogP contribution in [0.25, 0.3) is 0 Å². The maximum absolute atomic E-state index is 12.8. The third kappa shape index (κ3) is 4.22. The molecule has 0 aliphatic carbocycles. The zero-order valence-electron chi connectivity index (χ0n) is 17.6. The average molecular weight is 426 g/mol. The van der Waals surface area contributed by atoms with E-state index in [1.54, 1.807) is 25.4 Å². The van der Waals surface area contributed by atoms with Gasteiger partial charge in [-0.1, -0.05) is 6.07 Å². The van der Waals surface area contributed by atoms with Gasteiger partial charge in [0.05, 0.1) is 31.7 Å². The number of amides is 1. The van der Waals surface area contributed by atoms with Gasteiger partial charge >= 0.3 is 0 Å². The summed E-state index contributed by atoms with van der Waals surface area (Å²) in [6.07, 6.45) is 1.86. The number of hydrogen-bond donors (Lipinski definition) is 1. The lowest BCUT2D eigenvalue weighted by atomic mass is 9.96. The predicted octanol–water partition coefficient (Wildman–Crippen LogP) is 1.21. The molecule has 1 N–H and O–H groups in total. The van der Waals surface area contributed by atoms with Crippen LogP contribution in [0, 0.1) is 0 Å². The summed E-state index contributed by atoms with van der Waals surface area (Å²) >= 11 is 0. The summed E-state index contributed by atoms with van der Waals surface area (Å²) in [5.41, 5.74) is 0.573. The van der Waals surface area contributed by atoms with E-state index >= 15 is 0 Å². The summed E-state index contributed by atoms with van der Waals surface area (Å²) in [4.78, 5) is 14.8. The van der Waals surface area contributed by atoms with Crippen molar-refractivity contribution in [2.45, 2.75) is 44.8 Å². The van der Waals surface area contributed by atoms with E-state index in [0.29, 0.717) is 50.4 Å². The van der Waals surface area contributed by atoms with E-state index in [1.165, 1.54) is 0 Å². The molecule has 0 saturated carbocycles. The molecule has 1 unspecified atom stereocenters. The highest BCUT2D eigenvalue weighted by Gasteiger charge is 2.50. The second-order valence-corrected chi connectivity index (χ2v) is 9.88. The van der Waals surface area contributed by atoms with E-state index in [4.69, 9.17) is 9.47 Å². The molecule has 0 bridgehead atoms. The van der Waals surface area contributed by atoms with Crippen molar-refractivity contribution in [3.05, 3.63) is 23.8 Å². The molecule has 1 spiro atoms. The van der Waals surface area contributed by atoms with Crippen LogP contribution in [-0.2, 0) is 21.2 Å². The Balaban J connectivity index is 1.73. The Morgan fingerprint density at radius 2 is 1.83 bits per heavy atom. The van der Waals surface area contributed by atoms with Gasteiger partial charge in [-0.05, 0) is 50.8 Å². The van der Waals surface area contributed by atoms with E-state index in [9.17, 15) is 13.2 Å². The van der Waals surface area contributed by atoms with E-state index in [2.05, 4.69) is 5.32 Å². The second kappa shape index (κ2) is 8.49. The van der Waals surface area contributed by atoms with E-state index < -0.39 is 15.7 Å². The number of rotatable bonds is 7. The minimum Gasteiger partial charge on any atom is -0.493 e. The molecule has 2 aliphatic heterocycles. The van der Waals surface area contributed by atoms with Gasteiger partial charge < -0.3 is 14.4 Å². The van der Waals surface area contributed by atoms with Gasteiger partial charge in [-0.25, -0.2) is 12.7 Å². The molecule has 2 heterocycles. The molecule has 1 amide bonds. The molecule has 0 radical (unpaired) electrons. The summed E-state index contributed by atoms with van der Waals surface area (Å²) in [5, 5.41) is 3.45. The molecule has 2 aliphatic rings. The van der Waals surface area contributed by atoms with Crippen molar-refractivity contribution in [1.82, 2.24) is 14.5 Å². The van der Waals surface area contributed by atoms with Crippen LogP contribution in [0.1, 0.15) is 32.3 Å². The SMILES string of the molecule is CCS(=O)(=O)N1CCC2(CC1)NC(C)C(=O)N2CCc1ccc(OC)c(OC)c1. The second-order valence-electron chi connectivity index (χ2n) is 7.63. The number of benzene rings is 1. The molecule has 1 atom stereocenters. The zero-order valence-corrected chi connectivity index (χ0v) is 18.4. The quantitative estimate of drug-likeness (QED) is 0.707. The lowest BCUT2D eigenvalue weighted by molar-refractivity contribution is -0.132. The van der Waals surface area contributed by atoms with Crippen LogP contribution in [-0.4, -0.2) is 74.8 Å². The molecular weight excluding hydrogens is 394 g/mol. The van der Waals surface area contributed by atoms with Crippen LogP contribution in [0.4, 0.5) is 0 Å². The first-order valence-electron chi connectivity index (χ1n) is 10.0. The molecule has 8 nitrogen and oxygen atoms in total. The highest BCUT2D eigenvalue weighted by Crippen LogP contribution is 2.34. The first kappa shape index (κ1) is 21.9. The van der Waals surface area contributed by atoms with E-state index in [0.717, 1.165) is 5.56 Å². The lowest BCUT2D eigenvalue weighted by Crippen LogP contribution is -2.59. The fourth-order valence-corrected chi connectivity index (χ4v) is 5.42. The Kier molecular flexibility index (Phi) is 6.40. The molecule has 2 fully saturated rings. The Bertz CT molecular complexity index is 850. The first-order chi connectivity index (χ1) is 13.8. The van der Waals surface area contributed by atoms with Crippen LogP contribution in [0.3, 0.4) is 0 Å². The minimum atomic E-state index is -3.21. The smallest absolute Gasteiger partial charge is 0.240 e. The van der Waals surface area contributed by atoms with Crippen LogP contribution >= 0.6 is 0 Å². The molecule has 162 valence electrons. The lowest BCUT2D eigenvalue weighted by Gasteiger charge is -2.44. The van der Waals surface area contributed by atoms with Crippen molar-refractivity contribution in [3.63, 3.8) is 0 Å². The van der Waals surface area contributed by atoms with Crippen molar-refractivity contribution in [2.75, 3.05) is 39.6 Å².